The van der Waals surface area contributed by atoms with Gasteiger partial charge < -0.3 is 14.6 Å². The van der Waals surface area contributed by atoms with Crippen LogP contribution in [0.2, 0.25) is 0 Å². The molecule has 8 fully saturated rings. The molecule has 8 aliphatic carbocycles. The fourth-order valence-electron chi connectivity index (χ4n) is 13.4. The summed E-state index contributed by atoms with van der Waals surface area (Å²) in [6.07, 6.45) is 4.58. The molecule has 15 atom stereocenters. The van der Waals surface area contributed by atoms with Gasteiger partial charge in [-0.1, -0.05) is 18.2 Å². The highest BCUT2D eigenvalue weighted by Crippen LogP contribution is 2.91. The maximum atomic E-state index is 14.0. The average molecular weight is 433 g/mol. The van der Waals surface area contributed by atoms with E-state index in [2.05, 4.69) is 0 Å². The predicted molar refractivity (Wildman–Crippen MR) is 115 cm³/mol. The van der Waals surface area contributed by atoms with Crippen LogP contribution in [-0.2, 0) is 9.53 Å². The number of hydrogen-bond donors (Lipinski definition) is 1. The molecule has 1 aromatic carbocycles. The van der Waals surface area contributed by atoms with Crippen LogP contribution in [0.25, 0.3) is 0 Å². The Hall–Kier alpha value is -1.55. The first-order valence-electron chi connectivity index (χ1n) is 13.1. The molecule has 32 heavy (non-hydrogen) atoms. The second kappa shape index (κ2) is 5.24. The molecule has 8 aliphatic rings. The monoisotopic (exact) mass is 432 g/mol. The topological polar surface area (TPSA) is 55.8 Å². The highest BCUT2D eigenvalue weighted by Gasteiger charge is 2.91. The Balaban J connectivity index is 1.26. The molecule has 168 valence electrons. The molecule has 0 radical (unpaired) electrons. The third-order valence-electron chi connectivity index (χ3n) is 13.0. The molecule has 0 spiro atoms. The van der Waals surface area contributed by atoms with Crippen molar-refractivity contribution in [2.45, 2.75) is 31.3 Å². The summed E-state index contributed by atoms with van der Waals surface area (Å²) < 4.78 is 12.2. The molecular formula is C28H32O4. The summed E-state index contributed by atoms with van der Waals surface area (Å²) in [6, 6.07) is 10.0. The molecule has 4 heteroatoms. The van der Waals surface area contributed by atoms with Crippen LogP contribution in [-0.4, -0.2) is 30.4 Å². The van der Waals surface area contributed by atoms with Crippen LogP contribution in [0.15, 0.2) is 30.3 Å². The maximum Gasteiger partial charge on any atom is 0.315 e. The fraction of sp³-hybridized carbons (Fsp3) is 0.750. The second-order valence-corrected chi connectivity index (χ2v) is 12.8. The number of ether oxygens (including phenoxy) is 2. The first-order valence-corrected chi connectivity index (χ1v) is 13.1. The molecule has 0 heterocycles. The van der Waals surface area contributed by atoms with Gasteiger partial charge in [0.05, 0.1) is 12.7 Å². The van der Waals surface area contributed by atoms with Gasteiger partial charge in [-0.05, 0) is 115 Å². The second-order valence-electron chi connectivity index (χ2n) is 12.8. The van der Waals surface area contributed by atoms with Gasteiger partial charge in [-0.2, -0.15) is 0 Å². The van der Waals surface area contributed by atoms with Gasteiger partial charge in [0.25, 0.3) is 0 Å². The molecule has 0 saturated heterocycles. The zero-order valence-corrected chi connectivity index (χ0v) is 18.6. The summed E-state index contributed by atoms with van der Waals surface area (Å²) in [5.41, 5.74) is -0.985. The summed E-state index contributed by atoms with van der Waals surface area (Å²) >= 11 is 0. The molecule has 0 aromatic heterocycles. The first kappa shape index (κ1) is 17.9. The zero-order chi connectivity index (χ0) is 21.1. The molecular weight excluding hydrogens is 400 g/mol. The lowest BCUT2D eigenvalue weighted by Crippen LogP contribution is -2.51. The van der Waals surface area contributed by atoms with Crippen molar-refractivity contribution in [1.82, 2.24) is 0 Å². The smallest absolute Gasteiger partial charge is 0.315 e. The minimum atomic E-state index is -0.537. The van der Waals surface area contributed by atoms with E-state index in [1.54, 1.807) is 7.11 Å². The molecule has 0 bridgehead atoms. The number of aliphatic hydroxyl groups is 1. The quantitative estimate of drug-likeness (QED) is 0.738. The Morgan fingerprint density at radius 1 is 0.875 bits per heavy atom. The van der Waals surface area contributed by atoms with E-state index in [0.29, 0.717) is 65.8 Å². The van der Waals surface area contributed by atoms with Crippen molar-refractivity contribution in [3.8, 4) is 5.75 Å². The summed E-state index contributed by atoms with van der Waals surface area (Å²) in [6.45, 7) is 0.453. The van der Waals surface area contributed by atoms with Crippen LogP contribution in [0.5, 0.6) is 5.75 Å². The zero-order valence-electron chi connectivity index (χ0n) is 18.6. The molecule has 0 amide bonds. The van der Waals surface area contributed by atoms with Gasteiger partial charge in [0.15, 0.2) is 0 Å². The van der Waals surface area contributed by atoms with E-state index in [9.17, 15) is 9.90 Å². The van der Waals surface area contributed by atoms with Crippen LogP contribution < -0.4 is 4.74 Å². The van der Waals surface area contributed by atoms with E-state index in [1.807, 2.05) is 30.3 Å². The Morgan fingerprint density at radius 2 is 1.50 bits per heavy atom. The van der Waals surface area contributed by atoms with E-state index < -0.39 is 11.0 Å². The van der Waals surface area contributed by atoms with Gasteiger partial charge >= 0.3 is 5.97 Å². The minimum Gasteiger partial charge on any atom is -0.492 e. The van der Waals surface area contributed by atoms with Crippen LogP contribution in [0.4, 0.5) is 0 Å². The Bertz CT molecular complexity index is 1040. The molecule has 0 aliphatic heterocycles. The number of carbonyl (C=O) groups is 1. The summed E-state index contributed by atoms with van der Waals surface area (Å²) in [4.78, 5) is 14.0. The molecule has 9 rings (SSSR count). The standard InChI is InChI=1S/C28H32O4/c1-31-26(29)27(11-32-12-5-3-2-4-6-12)22-13-7-8-14-16(13)17-18(22)20-21-19(17)24(14)28(30)10-9-15(23(20)27)25(21)28/h2-6,13-25,30H,7-11H2,1H3/t13?,14-,15?,16-,17?,18?,19+,20?,21?,22+,23-,24?,25-,27-,28-/m0/s1. The van der Waals surface area contributed by atoms with Gasteiger partial charge in [-0.3, -0.25) is 4.79 Å². The highest BCUT2D eigenvalue weighted by atomic mass is 16.5. The summed E-state index contributed by atoms with van der Waals surface area (Å²) in [5, 5.41) is 12.2. The fourth-order valence-corrected chi connectivity index (χ4v) is 13.4. The summed E-state index contributed by atoms with van der Waals surface area (Å²) in [5.74, 6) is 8.64. The lowest BCUT2D eigenvalue weighted by Gasteiger charge is -2.43. The number of fused-ring (bicyclic) bond motifs is 4. The van der Waals surface area contributed by atoms with Crippen molar-refractivity contribution >= 4 is 5.97 Å². The predicted octanol–water partition coefficient (Wildman–Crippen LogP) is 3.64. The number of methoxy groups -OCH3 is 1. The number of rotatable bonds is 4. The lowest BCUT2D eigenvalue weighted by atomic mass is 9.62. The lowest BCUT2D eigenvalue weighted by molar-refractivity contribution is -0.166. The Kier molecular flexibility index (Phi) is 2.92. The molecule has 7 unspecified atom stereocenters. The molecule has 4 nitrogen and oxygen atoms in total. The first-order chi connectivity index (χ1) is 15.6. The number of para-hydroxylation sites is 1. The SMILES string of the molecule is COC(=O)[C@]1(COc2ccccc2)[C@@H]2C3C4C5[C@@H]6C3[C@@H]3C2CC[C@]3(O)C6[C@H]2CCC([C@H]52)[C@H]41. The summed E-state index contributed by atoms with van der Waals surface area (Å²) in [7, 11) is 1.59. The van der Waals surface area contributed by atoms with E-state index in [4.69, 9.17) is 9.47 Å². The van der Waals surface area contributed by atoms with Gasteiger partial charge in [0, 0.05) is 0 Å². The van der Waals surface area contributed by atoms with Crippen molar-refractivity contribution in [2.75, 3.05) is 13.7 Å². The maximum absolute atomic E-state index is 14.0. The Morgan fingerprint density at radius 3 is 2.28 bits per heavy atom. The number of carbonyl (C=O) groups excluding carboxylic acids is 1. The number of esters is 1. The largest absolute Gasteiger partial charge is 0.492 e. The van der Waals surface area contributed by atoms with Crippen LogP contribution in [0.3, 0.4) is 0 Å². The van der Waals surface area contributed by atoms with Crippen molar-refractivity contribution in [3.05, 3.63) is 30.3 Å². The Labute approximate surface area is 189 Å². The van der Waals surface area contributed by atoms with Crippen molar-refractivity contribution in [3.63, 3.8) is 0 Å². The van der Waals surface area contributed by atoms with E-state index in [0.717, 1.165) is 36.3 Å². The van der Waals surface area contributed by atoms with E-state index in [1.165, 1.54) is 12.8 Å². The van der Waals surface area contributed by atoms with Gasteiger partial charge in [-0.25, -0.2) is 0 Å². The van der Waals surface area contributed by atoms with E-state index >= 15 is 0 Å². The number of hydrogen-bond acceptors (Lipinski definition) is 4. The van der Waals surface area contributed by atoms with Crippen LogP contribution >= 0.6 is 0 Å². The average Bonchev–Trinajstić information content (AvgIpc) is 3.59. The molecule has 1 N–H and O–H groups in total. The van der Waals surface area contributed by atoms with Gasteiger partial charge in [0.2, 0.25) is 0 Å². The molecule has 8 saturated carbocycles. The number of benzene rings is 1. The van der Waals surface area contributed by atoms with Gasteiger partial charge in [0.1, 0.15) is 17.8 Å². The van der Waals surface area contributed by atoms with Gasteiger partial charge in [-0.15, -0.1) is 0 Å². The van der Waals surface area contributed by atoms with E-state index in [-0.39, 0.29) is 5.97 Å². The van der Waals surface area contributed by atoms with Crippen molar-refractivity contribution in [2.24, 2.45) is 82.3 Å². The highest BCUT2D eigenvalue weighted by molar-refractivity contribution is 5.79. The third kappa shape index (κ3) is 1.50. The molecule has 1 aromatic rings. The van der Waals surface area contributed by atoms with Crippen LogP contribution in [0, 0.1) is 82.3 Å². The van der Waals surface area contributed by atoms with Crippen molar-refractivity contribution in [1.29, 1.82) is 0 Å². The van der Waals surface area contributed by atoms with Crippen molar-refractivity contribution < 1.29 is 19.4 Å². The van der Waals surface area contributed by atoms with Crippen LogP contribution in [0.1, 0.15) is 25.7 Å². The normalized spacial score (nSPS) is 62.4. The minimum absolute atomic E-state index is 0.00947. The third-order valence-corrected chi connectivity index (χ3v) is 13.0.